The van der Waals surface area contributed by atoms with Gasteiger partial charge in [0.15, 0.2) is 0 Å². The molecule has 1 aliphatic heterocycles. The summed E-state index contributed by atoms with van der Waals surface area (Å²) in [5.41, 5.74) is 10.1. The van der Waals surface area contributed by atoms with Crippen molar-refractivity contribution in [1.29, 1.82) is 5.26 Å². The summed E-state index contributed by atoms with van der Waals surface area (Å²) in [5.74, 6) is 1.56. The van der Waals surface area contributed by atoms with Crippen LogP contribution in [0.4, 0.5) is 23.1 Å². The van der Waals surface area contributed by atoms with E-state index < -0.39 is 0 Å². The predicted octanol–water partition coefficient (Wildman–Crippen LogP) is 3.58. The quantitative estimate of drug-likeness (QED) is 0.578. The summed E-state index contributed by atoms with van der Waals surface area (Å²) in [4.78, 5) is 12.0. The van der Waals surface area contributed by atoms with E-state index in [1.165, 1.54) is 5.56 Å². The molecule has 2 heterocycles. The van der Waals surface area contributed by atoms with E-state index in [4.69, 9.17) is 15.7 Å². The number of fused-ring (bicyclic) bond motifs is 1. The van der Waals surface area contributed by atoms with Crippen molar-refractivity contribution in [3.8, 4) is 6.07 Å². The summed E-state index contributed by atoms with van der Waals surface area (Å²) in [6.07, 6.45) is 5.40. The number of para-hydroxylation sites is 1. The molecule has 0 radical (unpaired) electrons. The summed E-state index contributed by atoms with van der Waals surface area (Å²) in [7, 11) is 0. The first-order chi connectivity index (χ1) is 13.7. The second-order valence-corrected chi connectivity index (χ2v) is 7.54. The minimum absolute atomic E-state index is 0. The number of nitrogens with one attached hydrogen (secondary N) is 2. The molecule has 0 unspecified atom stereocenters. The third kappa shape index (κ3) is 4.89. The lowest BCUT2D eigenvalue weighted by molar-refractivity contribution is 0.549. The van der Waals surface area contributed by atoms with Crippen LogP contribution >= 0.6 is 24.8 Å². The SMILES string of the molecule is CCCN[C@H]1CCN(c2nc(Nc3c(N)cccc3C#N)nc3c2CCC3)C1.Cl.Cl. The highest BCUT2D eigenvalue weighted by Crippen LogP contribution is 2.33. The summed E-state index contributed by atoms with van der Waals surface area (Å²) in [6, 6.07) is 8.01. The fraction of sp³-hybridized carbons (Fsp3) is 0.476. The van der Waals surface area contributed by atoms with Crippen molar-refractivity contribution in [2.75, 3.05) is 35.6 Å². The number of aryl methyl sites for hydroxylation is 1. The molecule has 9 heteroatoms. The molecule has 1 aromatic heterocycles. The molecule has 1 atom stereocenters. The number of nitriles is 1. The van der Waals surface area contributed by atoms with E-state index in [1.807, 2.05) is 0 Å². The Bertz CT molecular complexity index is 913. The highest BCUT2D eigenvalue weighted by atomic mass is 35.5. The van der Waals surface area contributed by atoms with Gasteiger partial charge in [0.05, 0.1) is 22.6 Å². The molecule has 1 aromatic carbocycles. The molecular formula is C21H29Cl2N7. The zero-order valence-electron chi connectivity index (χ0n) is 17.1. The number of hydrogen-bond acceptors (Lipinski definition) is 7. The first-order valence-electron chi connectivity index (χ1n) is 10.1. The van der Waals surface area contributed by atoms with Gasteiger partial charge in [-0.05, 0) is 50.8 Å². The number of halogens is 2. The maximum absolute atomic E-state index is 9.40. The van der Waals surface area contributed by atoms with E-state index in [-0.39, 0.29) is 24.8 Å². The molecule has 30 heavy (non-hydrogen) atoms. The first kappa shape index (κ1) is 24.0. The number of aromatic nitrogens is 2. The fourth-order valence-corrected chi connectivity index (χ4v) is 4.11. The molecule has 0 amide bonds. The van der Waals surface area contributed by atoms with Gasteiger partial charge < -0.3 is 21.3 Å². The highest BCUT2D eigenvalue weighted by molar-refractivity contribution is 5.85. The maximum atomic E-state index is 9.40. The third-order valence-corrected chi connectivity index (χ3v) is 5.54. The van der Waals surface area contributed by atoms with Crippen LogP contribution in [0.1, 0.15) is 43.0 Å². The molecule has 1 saturated heterocycles. The Kier molecular flexibility index (Phi) is 8.54. The van der Waals surface area contributed by atoms with Crippen LogP contribution in [0, 0.1) is 11.3 Å². The molecule has 4 rings (SSSR count). The van der Waals surface area contributed by atoms with Crippen molar-refractivity contribution < 1.29 is 0 Å². The predicted molar refractivity (Wildman–Crippen MR) is 126 cm³/mol. The van der Waals surface area contributed by atoms with Crippen molar-refractivity contribution in [2.24, 2.45) is 0 Å². The Balaban J connectivity index is 0.00000160. The molecule has 1 fully saturated rings. The Morgan fingerprint density at radius 1 is 1.27 bits per heavy atom. The Hall–Kier alpha value is -2.27. The van der Waals surface area contributed by atoms with Crippen LogP contribution in [0.5, 0.6) is 0 Å². The number of hydrogen-bond donors (Lipinski definition) is 3. The molecule has 2 aliphatic rings. The topological polar surface area (TPSA) is 103 Å². The van der Waals surface area contributed by atoms with Crippen molar-refractivity contribution in [3.63, 3.8) is 0 Å². The lowest BCUT2D eigenvalue weighted by atomic mass is 10.1. The van der Waals surface area contributed by atoms with Gasteiger partial charge >= 0.3 is 0 Å². The molecule has 162 valence electrons. The Labute approximate surface area is 190 Å². The number of anilines is 4. The number of nitrogens with two attached hydrogens (primary N) is 1. The maximum Gasteiger partial charge on any atom is 0.229 e. The molecule has 4 N–H and O–H groups in total. The Morgan fingerprint density at radius 2 is 2.10 bits per heavy atom. The van der Waals surface area contributed by atoms with Crippen LogP contribution in [0.2, 0.25) is 0 Å². The van der Waals surface area contributed by atoms with E-state index in [0.717, 1.165) is 63.3 Å². The Morgan fingerprint density at radius 3 is 2.87 bits per heavy atom. The molecule has 0 spiro atoms. The standard InChI is InChI=1S/C21H27N7.2ClH/c1-2-10-24-15-9-11-28(13-15)20-16-6-4-8-18(16)25-21(27-20)26-19-14(12-22)5-3-7-17(19)23;;/h3,5,7,15,24H,2,4,6,8-11,13,23H2,1H3,(H,25,26,27);2*1H/t15-;;/m0../s1. The largest absolute Gasteiger partial charge is 0.397 e. The smallest absolute Gasteiger partial charge is 0.229 e. The molecule has 0 bridgehead atoms. The summed E-state index contributed by atoms with van der Waals surface area (Å²) < 4.78 is 0. The van der Waals surface area contributed by atoms with Crippen LogP contribution < -0.4 is 21.3 Å². The van der Waals surface area contributed by atoms with Crippen LogP contribution in [-0.4, -0.2) is 35.6 Å². The molecule has 0 saturated carbocycles. The van der Waals surface area contributed by atoms with Gasteiger partial charge in [-0.1, -0.05) is 13.0 Å². The van der Waals surface area contributed by atoms with Gasteiger partial charge in [0.1, 0.15) is 11.9 Å². The average Bonchev–Trinajstić information content (AvgIpc) is 3.36. The van der Waals surface area contributed by atoms with Gasteiger partial charge in [-0.3, -0.25) is 0 Å². The van der Waals surface area contributed by atoms with Crippen LogP contribution in [0.15, 0.2) is 18.2 Å². The van der Waals surface area contributed by atoms with Crippen LogP contribution in [0.3, 0.4) is 0 Å². The van der Waals surface area contributed by atoms with E-state index in [9.17, 15) is 5.26 Å². The summed E-state index contributed by atoms with van der Waals surface area (Å²) >= 11 is 0. The normalized spacial score (nSPS) is 16.9. The zero-order chi connectivity index (χ0) is 19.5. The van der Waals surface area contributed by atoms with E-state index in [0.29, 0.717) is 28.9 Å². The van der Waals surface area contributed by atoms with Crippen molar-refractivity contribution in [3.05, 3.63) is 35.0 Å². The van der Waals surface area contributed by atoms with Crippen molar-refractivity contribution in [1.82, 2.24) is 15.3 Å². The number of nitrogens with zero attached hydrogens (tertiary/aromatic N) is 4. The zero-order valence-corrected chi connectivity index (χ0v) is 18.8. The summed E-state index contributed by atoms with van der Waals surface area (Å²) in [5, 5.41) is 16.2. The van der Waals surface area contributed by atoms with Crippen LogP contribution in [0.25, 0.3) is 0 Å². The minimum Gasteiger partial charge on any atom is -0.397 e. The van der Waals surface area contributed by atoms with Gasteiger partial charge in [-0.25, -0.2) is 4.98 Å². The third-order valence-electron chi connectivity index (χ3n) is 5.54. The first-order valence-corrected chi connectivity index (χ1v) is 10.1. The summed E-state index contributed by atoms with van der Waals surface area (Å²) in [6.45, 7) is 5.22. The van der Waals surface area contributed by atoms with Gasteiger partial charge in [0, 0.05) is 24.7 Å². The van der Waals surface area contributed by atoms with Gasteiger partial charge in [0.2, 0.25) is 5.95 Å². The molecular weight excluding hydrogens is 421 g/mol. The monoisotopic (exact) mass is 449 g/mol. The second-order valence-electron chi connectivity index (χ2n) is 7.54. The molecule has 1 aliphatic carbocycles. The second kappa shape index (κ2) is 10.7. The average molecular weight is 450 g/mol. The number of nitrogen functional groups attached to an aromatic ring is 1. The van der Waals surface area contributed by atoms with Gasteiger partial charge in [-0.15, -0.1) is 24.8 Å². The highest BCUT2D eigenvalue weighted by Gasteiger charge is 2.28. The van der Waals surface area contributed by atoms with E-state index >= 15 is 0 Å². The van der Waals surface area contributed by atoms with E-state index in [1.54, 1.807) is 18.2 Å². The van der Waals surface area contributed by atoms with E-state index in [2.05, 4.69) is 28.5 Å². The lowest BCUT2D eigenvalue weighted by Crippen LogP contribution is -2.33. The van der Waals surface area contributed by atoms with Crippen LogP contribution in [-0.2, 0) is 12.8 Å². The fourth-order valence-electron chi connectivity index (χ4n) is 4.11. The van der Waals surface area contributed by atoms with Crippen molar-refractivity contribution >= 4 is 48.0 Å². The molecule has 2 aromatic rings. The van der Waals surface area contributed by atoms with Gasteiger partial charge in [-0.2, -0.15) is 10.2 Å². The molecule has 7 nitrogen and oxygen atoms in total. The number of benzene rings is 1. The number of rotatable bonds is 6. The van der Waals surface area contributed by atoms with Gasteiger partial charge in [0.25, 0.3) is 0 Å². The minimum atomic E-state index is 0. The van der Waals surface area contributed by atoms with Crippen molar-refractivity contribution in [2.45, 2.75) is 45.1 Å². The lowest BCUT2D eigenvalue weighted by Gasteiger charge is -2.22.